The molecule has 0 fully saturated rings. The molecule has 106 valence electrons. The lowest BCUT2D eigenvalue weighted by Crippen LogP contribution is -2.10. The van der Waals surface area contributed by atoms with Crippen molar-refractivity contribution in [2.24, 2.45) is 0 Å². The number of pyridine rings is 1. The van der Waals surface area contributed by atoms with Crippen LogP contribution in [-0.4, -0.2) is 40.4 Å². The molecule has 0 bridgehead atoms. The Morgan fingerprint density at radius 2 is 2.20 bits per heavy atom. The van der Waals surface area contributed by atoms with Crippen LogP contribution in [0.25, 0.3) is 0 Å². The van der Waals surface area contributed by atoms with Crippen molar-refractivity contribution >= 4 is 11.8 Å². The lowest BCUT2D eigenvalue weighted by atomic mass is 10.3. The van der Waals surface area contributed by atoms with E-state index in [4.69, 9.17) is 4.74 Å². The van der Waals surface area contributed by atoms with Crippen LogP contribution in [0, 0.1) is 0 Å². The summed E-state index contributed by atoms with van der Waals surface area (Å²) in [5.74, 6) is 1.17. The number of hydrogen-bond acceptors (Lipinski definition) is 7. The minimum absolute atomic E-state index is 0.479. The topological polar surface area (TPSA) is 84.9 Å². The van der Waals surface area contributed by atoms with Crippen molar-refractivity contribution in [3.05, 3.63) is 36.3 Å². The molecule has 7 heteroatoms. The summed E-state index contributed by atoms with van der Waals surface area (Å²) in [7, 11) is 1.69. The number of anilines is 2. The summed E-state index contributed by atoms with van der Waals surface area (Å²) in [4.78, 5) is 8.54. The van der Waals surface area contributed by atoms with Crippen molar-refractivity contribution in [1.82, 2.24) is 20.2 Å². The molecule has 20 heavy (non-hydrogen) atoms. The van der Waals surface area contributed by atoms with Gasteiger partial charge >= 0.3 is 0 Å². The molecule has 7 nitrogen and oxygen atoms in total. The highest BCUT2D eigenvalue weighted by Gasteiger charge is 2.00. The van der Waals surface area contributed by atoms with E-state index in [2.05, 4.69) is 30.8 Å². The van der Waals surface area contributed by atoms with Crippen molar-refractivity contribution in [2.75, 3.05) is 30.9 Å². The molecule has 2 rings (SSSR count). The van der Waals surface area contributed by atoms with Crippen LogP contribution in [0.1, 0.15) is 12.1 Å². The van der Waals surface area contributed by atoms with E-state index < -0.39 is 0 Å². The highest BCUT2D eigenvalue weighted by atomic mass is 16.5. The van der Waals surface area contributed by atoms with Gasteiger partial charge in [0.2, 0.25) is 5.95 Å². The Balaban J connectivity index is 1.83. The Kier molecular flexibility index (Phi) is 5.66. The second kappa shape index (κ2) is 8.00. The molecule has 2 N–H and O–H groups in total. The number of aromatic nitrogens is 4. The molecular formula is C13H18N6O. The number of hydrogen-bond donors (Lipinski definition) is 2. The fourth-order valence-electron chi connectivity index (χ4n) is 1.57. The van der Waals surface area contributed by atoms with E-state index in [0.29, 0.717) is 18.3 Å². The van der Waals surface area contributed by atoms with Crippen LogP contribution in [0.4, 0.5) is 11.8 Å². The summed E-state index contributed by atoms with van der Waals surface area (Å²) in [6.45, 7) is 2.07. The predicted molar refractivity (Wildman–Crippen MR) is 76.4 cm³/mol. The molecule has 0 unspecified atom stereocenters. The molecule has 0 aliphatic carbocycles. The van der Waals surface area contributed by atoms with E-state index >= 15 is 0 Å². The van der Waals surface area contributed by atoms with Gasteiger partial charge in [0.25, 0.3) is 0 Å². The molecule has 0 aromatic carbocycles. The average molecular weight is 274 g/mol. The molecule has 0 saturated carbocycles. The van der Waals surface area contributed by atoms with Crippen molar-refractivity contribution in [2.45, 2.75) is 13.0 Å². The van der Waals surface area contributed by atoms with Gasteiger partial charge in [0.1, 0.15) is 0 Å². The van der Waals surface area contributed by atoms with E-state index in [1.54, 1.807) is 19.5 Å². The second-order valence-corrected chi connectivity index (χ2v) is 4.11. The number of methoxy groups -OCH3 is 1. The van der Waals surface area contributed by atoms with Crippen LogP contribution in [0.2, 0.25) is 0 Å². The van der Waals surface area contributed by atoms with Gasteiger partial charge in [-0.1, -0.05) is 6.07 Å². The molecule has 2 aromatic heterocycles. The Hall–Kier alpha value is -2.28. The summed E-state index contributed by atoms with van der Waals surface area (Å²) >= 11 is 0. The minimum atomic E-state index is 0.479. The summed E-state index contributed by atoms with van der Waals surface area (Å²) in [6.07, 6.45) is 4.26. The zero-order valence-corrected chi connectivity index (χ0v) is 11.4. The Labute approximate surface area is 117 Å². The number of nitrogens with zero attached hydrogens (tertiary/aromatic N) is 4. The Morgan fingerprint density at radius 1 is 1.25 bits per heavy atom. The van der Waals surface area contributed by atoms with Gasteiger partial charge in [-0.3, -0.25) is 4.98 Å². The van der Waals surface area contributed by atoms with Gasteiger partial charge in [0.15, 0.2) is 5.82 Å². The first kappa shape index (κ1) is 14.1. The molecule has 0 radical (unpaired) electrons. The standard InChI is InChI=1S/C13H18N6O/c1-20-8-4-7-15-12-10-17-19-13(18-12)16-9-11-5-2-3-6-14-11/h2-3,5-6,10H,4,7-9H2,1H3,(H2,15,16,18,19). The fraction of sp³-hybridized carbons (Fsp3) is 0.385. The first-order valence-corrected chi connectivity index (χ1v) is 6.45. The van der Waals surface area contributed by atoms with E-state index in [9.17, 15) is 0 Å². The summed E-state index contributed by atoms with van der Waals surface area (Å²) < 4.78 is 4.98. The quantitative estimate of drug-likeness (QED) is 0.702. The van der Waals surface area contributed by atoms with Crippen LogP contribution < -0.4 is 10.6 Å². The van der Waals surface area contributed by atoms with Crippen LogP contribution in [0.3, 0.4) is 0 Å². The third kappa shape index (κ3) is 4.77. The van der Waals surface area contributed by atoms with Crippen molar-refractivity contribution in [1.29, 1.82) is 0 Å². The third-order valence-corrected chi connectivity index (χ3v) is 2.54. The zero-order valence-electron chi connectivity index (χ0n) is 11.4. The molecule has 2 heterocycles. The zero-order chi connectivity index (χ0) is 14.0. The predicted octanol–water partition coefficient (Wildman–Crippen LogP) is 1.33. The van der Waals surface area contributed by atoms with Gasteiger partial charge in [-0.25, -0.2) is 0 Å². The number of nitrogens with one attached hydrogen (secondary N) is 2. The van der Waals surface area contributed by atoms with Crippen LogP contribution >= 0.6 is 0 Å². The van der Waals surface area contributed by atoms with Gasteiger partial charge in [0.05, 0.1) is 18.4 Å². The van der Waals surface area contributed by atoms with Crippen LogP contribution in [-0.2, 0) is 11.3 Å². The maximum absolute atomic E-state index is 4.98. The van der Waals surface area contributed by atoms with E-state index in [0.717, 1.165) is 25.3 Å². The monoisotopic (exact) mass is 274 g/mol. The van der Waals surface area contributed by atoms with Crippen molar-refractivity contribution in [3.63, 3.8) is 0 Å². The van der Waals surface area contributed by atoms with E-state index in [1.807, 2.05) is 18.2 Å². The Bertz CT molecular complexity index is 507. The lowest BCUT2D eigenvalue weighted by molar-refractivity contribution is 0.197. The number of ether oxygens (including phenoxy) is 1. The maximum Gasteiger partial charge on any atom is 0.245 e. The normalized spacial score (nSPS) is 10.2. The minimum Gasteiger partial charge on any atom is -0.385 e. The Morgan fingerprint density at radius 3 is 3.00 bits per heavy atom. The summed E-state index contributed by atoms with van der Waals surface area (Å²) in [6, 6.07) is 5.76. The van der Waals surface area contributed by atoms with E-state index in [1.165, 1.54) is 0 Å². The maximum atomic E-state index is 4.98. The van der Waals surface area contributed by atoms with Gasteiger partial charge in [-0.2, -0.15) is 10.1 Å². The molecule has 0 saturated heterocycles. The average Bonchev–Trinajstić information content (AvgIpc) is 2.51. The van der Waals surface area contributed by atoms with Crippen LogP contribution in [0.15, 0.2) is 30.6 Å². The SMILES string of the molecule is COCCCNc1cnnc(NCc2ccccn2)n1. The highest BCUT2D eigenvalue weighted by Crippen LogP contribution is 2.05. The van der Waals surface area contributed by atoms with E-state index in [-0.39, 0.29) is 0 Å². The van der Waals surface area contributed by atoms with Crippen molar-refractivity contribution < 1.29 is 4.74 Å². The fourth-order valence-corrected chi connectivity index (χ4v) is 1.57. The van der Waals surface area contributed by atoms with Gasteiger partial charge in [-0.05, 0) is 18.6 Å². The first-order valence-electron chi connectivity index (χ1n) is 6.45. The van der Waals surface area contributed by atoms with Gasteiger partial charge in [0, 0.05) is 26.5 Å². The first-order chi connectivity index (χ1) is 9.88. The number of rotatable bonds is 8. The summed E-state index contributed by atoms with van der Waals surface area (Å²) in [5.41, 5.74) is 0.926. The third-order valence-electron chi connectivity index (χ3n) is 2.54. The molecule has 0 amide bonds. The summed E-state index contributed by atoms with van der Waals surface area (Å²) in [5, 5.41) is 14.1. The molecule has 0 atom stereocenters. The molecular weight excluding hydrogens is 256 g/mol. The smallest absolute Gasteiger partial charge is 0.245 e. The van der Waals surface area contributed by atoms with Crippen molar-refractivity contribution in [3.8, 4) is 0 Å². The molecule has 0 aliphatic heterocycles. The van der Waals surface area contributed by atoms with Gasteiger partial charge in [-0.15, -0.1) is 5.10 Å². The lowest BCUT2D eigenvalue weighted by Gasteiger charge is -2.07. The second-order valence-electron chi connectivity index (χ2n) is 4.11. The molecule has 0 spiro atoms. The highest BCUT2D eigenvalue weighted by molar-refractivity contribution is 5.37. The van der Waals surface area contributed by atoms with Gasteiger partial charge < -0.3 is 15.4 Å². The molecule has 2 aromatic rings. The molecule has 0 aliphatic rings. The van der Waals surface area contributed by atoms with Crippen LogP contribution in [0.5, 0.6) is 0 Å². The largest absolute Gasteiger partial charge is 0.385 e.